The van der Waals surface area contributed by atoms with Crippen LogP contribution < -0.4 is 14.8 Å². The van der Waals surface area contributed by atoms with Gasteiger partial charge in [-0.05, 0) is 60.9 Å². The van der Waals surface area contributed by atoms with Crippen LogP contribution in [-0.4, -0.2) is 20.1 Å². The van der Waals surface area contributed by atoms with Crippen molar-refractivity contribution < 1.29 is 18.7 Å². The molecule has 0 fully saturated rings. The Morgan fingerprint density at radius 3 is 2.52 bits per heavy atom. The normalized spacial score (nSPS) is 11.5. The fourth-order valence-corrected chi connectivity index (χ4v) is 3.89. The van der Waals surface area contributed by atoms with E-state index in [-0.39, 0.29) is 5.91 Å². The summed E-state index contributed by atoms with van der Waals surface area (Å²) >= 11 is 6.17. The average Bonchev–Trinajstić information content (AvgIpc) is 3.24. The first-order valence-electron chi connectivity index (χ1n) is 10.4. The molecule has 0 spiro atoms. The predicted molar refractivity (Wildman–Crippen MR) is 133 cm³/mol. The lowest BCUT2D eigenvalue weighted by atomic mass is 9.99. The number of carbonyl (C=O) groups is 1. The molecule has 0 saturated carbocycles. The topological polar surface area (TPSA) is 60.7 Å². The van der Waals surface area contributed by atoms with Gasteiger partial charge in [0.05, 0.1) is 20.5 Å². The van der Waals surface area contributed by atoms with Crippen LogP contribution in [0.2, 0.25) is 5.02 Å². The SMILES string of the molecule is COc1ccc(-c2coc3cc(OC)c(/C(C)=C/C(=O)Nc4cccc(Cl)c4C)cc23)cc1. The van der Waals surface area contributed by atoms with Gasteiger partial charge in [-0.15, -0.1) is 0 Å². The minimum Gasteiger partial charge on any atom is -0.497 e. The minimum absolute atomic E-state index is 0.248. The van der Waals surface area contributed by atoms with Gasteiger partial charge in [0.2, 0.25) is 5.91 Å². The van der Waals surface area contributed by atoms with Gasteiger partial charge in [-0.1, -0.05) is 29.8 Å². The van der Waals surface area contributed by atoms with E-state index in [2.05, 4.69) is 5.32 Å². The molecule has 4 rings (SSSR count). The number of benzene rings is 3. The van der Waals surface area contributed by atoms with E-state index in [1.54, 1.807) is 38.7 Å². The summed E-state index contributed by atoms with van der Waals surface area (Å²) in [6.45, 7) is 3.74. The summed E-state index contributed by atoms with van der Waals surface area (Å²) in [5, 5.41) is 4.43. The minimum atomic E-state index is -0.248. The number of allylic oxidation sites excluding steroid dienone is 1. The van der Waals surface area contributed by atoms with Crippen molar-refractivity contribution in [2.75, 3.05) is 19.5 Å². The molecule has 0 aliphatic rings. The maximum absolute atomic E-state index is 12.7. The number of nitrogens with one attached hydrogen (secondary N) is 1. The quantitative estimate of drug-likeness (QED) is 0.310. The maximum Gasteiger partial charge on any atom is 0.248 e. The number of methoxy groups -OCH3 is 2. The summed E-state index contributed by atoms with van der Waals surface area (Å²) in [5.41, 5.74) is 5.71. The smallest absolute Gasteiger partial charge is 0.248 e. The Labute approximate surface area is 197 Å². The second kappa shape index (κ2) is 9.43. The molecule has 168 valence electrons. The van der Waals surface area contributed by atoms with Crippen molar-refractivity contribution in [1.29, 1.82) is 0 Å². The van der Waals surface area contributed by atoms with Gasteiger partial charge in [0.15, 0.2) is 0 Å². The Kier molecular flexibility index (Phi) is 6.43. The van der Waals surface area contributed by atoms with Gasteiger partial charge in [-0.3, -0.25) is 4.79 Å². The molecule has 1 aromatic heterocycles. The maximum atomic E-state index is 12.7. The number of ether oxygens (including phenoxy) is 2. The summed E-state index contributed by atoms with van der Waals surface area (Å²) in [7, 11) is 3.24. The molecule has 0 saturated heterocycles. The molecule has 0 aliphatic carbocycles. The third kappa shape index (κ3) is 4.59. The number of carbonyl (C=O) groups excluding carboxylic acids is 1. The number of halogens is 1. The van der Waals surface area contributed by atoms with E-state index in [0.29, 0.717) is 22.0 Å². The van der Waals surface area contributed by atoms with Crippen molar-refractivity contribution >= 4 is 39.7 Å². The van der Waals surface area contributed by atoms with Crippen LogP contribution in [0.5, 0.6) is 11.5 Å². The van der Waals surface area contributed by atoms with Crippen molar-refractivity contribution in [3.8, 4) is 22.6 Å². The van der Waals surface area contributed by atoms with E-state index in [1.165, 1.54) is 0 Å². The Bertz CT molecular complexity index is 1350. The van der Waals surface area contributed by atoms with Crippen LogP contribution in [0.3, 0.4) is 0 Å². The second-order valence-corrected chi connectivity index (χ2v) is 8.06. The first-order valence-corrected chi connectivity index (χ1v) is 10.8. The van der Waals surface area contributed by atoms with Gasteiger partial charge in [0.1, 0.15) is 17.1 Å². The number of hydrogen-bond acceptors (Lipinski definition) is 4. The summed E-state index contributed by atoms with van der Waals surface area (Å²) < 4.78 is 16.6. The summed E-state index contributed by atoms with van der Waals surface area (Å²) in [5.74, 6) is 1.16. The molecular weight excluding hydrogens is 438 g/mol. The molecule has 0 bridgehead atoms. The zero-order chi connectivity index (χ0) is 23.5. The van der Waals surface area contributed by atoms with Gasteiger partial charge in [0.25, 0.3) is 0 Å². The second-order valence-electron chi connectivity index (χ2n) is 7.66. The van der Waals surface area contributed by atoms with E-state index in [4.69, 9.17) is 25.5 Å². The average molecular weight is 462 g/mol. The van der Waals surface area contributed by atoms with Crippen molar-refractivity contribution in [1.82, 2.24) is 0 Å². The molecule has 6 heteroatoms. The molecule has 1 amide bonds. The number of hydrogen-bond donors (Lipinski definition) is 1. The molecule has 0 aliphatic heterocycles. The van der Waals surface area contributed by atoms with E-state index >= 15 is 0 Å². The highest BCUT2D eigenvalue weighted by Crippen LogP contribution is 2.37. The van der Waals surface area contributed by atoms with Crippen LogP contribution in [-0.2, 0) is 4.79 Å². The number of amides is 1. The Balaban J connectivity index is 1.70. The highest BCUT2D eigenvalue weighted by atomic mass is 35.5. The zero-order valence-electron chi connectivity index (χ0n) is 18.9. The van der Waals surface area contributed by atoms with Gasteiger partial charge in [0, 0.05) is 39.4 Å². The number of furan rings is 1. The standard InChI is InChI=1S/C27H24ClNO4/c1-16(12-27(30)29-24-7-5-6-23(28)17(24)2)20-13-21-22(15-33-26(21)14-25(20)32-4)18-8-10-19(31-3)11-9-18/h5-15H,1-4H3,(H,29,30)/b16-12+. The van der Waals surface area contributed by atoms with Crippen molar-refractivity contribution in [2.45, 2.75) is 13.8 Å². The highest BCUT2D eigenvalue weighted by Gasteiger charge is 2.15. The first-order chi connectivity index (χ1) is 15.9. The van der Waals surface area contributed by atoms with Crippen molar-refractivity contribution in [3.05, 3.63) is 83.1 Å². The van der Waals surface area contributed by atoms with Gasteiger partial charge in [-0.25, -0.2) is 0 Å². The predicted octanol–water partition coefficient (Wildman–Crippen LogP) is 7.12. The molecule has 0 atom stereocenters. The summed E-state index contributed by atoms with van der Waals surface area (Å²) in [6, 6.07) is 17.0. The summed E-state index contributed by atoms with van der Waals surface area (Å²) in [4.78, 5) is 12.7. The van der Waals surface area contributed by atoms with Crippen LogP contribution in [0.15, 0.2) is 71.4 Å². The number of rotatable bonds is 6. The zero-order valence-corrected chi connectivity index (χ0v) is 19.6. The third-order valence-electron chi connectivity index (χ3n) is 5.59. The fraction of sp³-hybridized carbons (Fsp3) is 0.148. The molecule has 5 nitrogen and oxygen atoms in total. The molecule has 1 N–H and O–H groups in total. The summed E-state index contributed by atoms with van der Waals surface area (Å²) in [6.07, 6.45) is 3.28. The third-order valence-corrected chi connectivity index (χ3v) is 6.00. The molecular formula is C27H24ClNO4. The highest BCUT2D eigenvalue weighted by molar-refractivity contribution is 6.31. The van der Waals surface area contributed by atoms with Crippen molar-refractivity contribution in [2.24, 2.45) is 0 Å². The number of fused-ring (bicyclic) bond motifs is 1. The van der Waals surface area contributed by atoms with Crippen molar-refractivity contribution in [3.63, 3.8) is 0 Å². The van der Waals surface area contributed by atoms with Crippen LogP contribution in [0, 0.1) is 6.92 Å². The van der Waals surface area contributed by atoms with Crippen LogP contribution in [0.1, 0.15) is 18.1 Å². The monoisotopic (exact) mass is 461 g/mol. The van der Waals surface area contributed by atoms with Gasteiger partial charge < -0.3 is 19.2 Å². The van der Waals surface area contributed by atoms with Gasteiger partial charge >= 0.3 is 0 Å². The van der Waals surface area contributed by atoms with Crippen LogP contribution >= 0.6 is 11.6 Å². The molecule has 33 heavy (non-hydrogen) atoms. The van der Waals surface area contributed by atoms with E-state index in [0.717, 1.165) is 39.0 Å². The van der Waals surface area contributed by atoms with Gasteiger partial charge in [-0.2, -0.15) is 0 Å². The fourth-order valence-electron chi connectivity index (χ4n) is 3.71. The Morgan fingerprint density at radius 2 is 1.82 bits per heavy atom. The first kappa shape index (κ1) is 22.5. The molecule has 3 aromatic carbocycles. The van der Waals surface area contributed by atoms with E-state index < -0.39 is 0 Å². The van der Waals surface area contributed by atoms with E-state index in [9.17, 15) is 4.79 Å². The lowest BCUT2D eigenvalue weighted by Crippen LogP contribution is -2.10. The van der Waals surface area contributed by atoms with E-state index in [1.807, 2.05) is 56.3 Å². The lowest BCUT2D eigenvalue weighted by molar-refractivity contribution is -0.111. The molecule has 0 radical (unpaired) electrons. The lowest BCUT2D eigenvalue weighted by Gasteiger charge is -2.11. The molecule has 1 heterocycles. The molecule has 4 aromatic rings. The Morgan fingerprint density at radius 1 is 1.06 bits per heavy atom. The van der Waals surface area contributed by atoms with Crippen LogP contribution in [0.25, 0.3) is 27.7 Å². The largest absolute Gasteiger partial charge is 0.497 e. The molecule has 0 unspecified atom stereocenters. The Hall–Kier alpha value is -3.70. The van der Waals surface area contributed by atoms with Crippen LogP contribution in [0.4, 0.5) is 5.69 Å². The number of anilines is 1.